The number of carbonyl (C=O) groups is 1. The van der Waals surface area contributed by atoms with Crippen LogP contribution in [0.5, 0.6) is 0 Å². The van der Waals surface area contributed by atoms with Gasteiger partial charge >= 0.3 is 0 Å². The third-order valence-corrected chi connectivity index (χ3v) is 2.06. The smallest absolute Gasteiger partial charge is 0.249 e. The molecule has 0 saturated heterocycles. The van der Waals surface area contributed by atoms with Crippen LogP contribution in [-0.2, 0) is 9.63 Å². The molecule has 1 aliphatic rings. The number of hydrogen-bond donors (Lipinski definition) is 1. The maximum atomic E-state index is 11.2. The number of amides is 1. The first-order chi connectivity index (χ1) is 5.20. The fourth-order valence-electron chi connectivity index (χ4n) is 1.08. The Bertz CT molecular complexity index is 160. The van der Waals surface area contributed by atoms with E-state index in [-0.39, 0.29) is 24.3 Å². The number of rotatable bonds is 3. The molecule has 0 aromatic heterocycles. The summed E-state index contributed by atoms with van der Waals surface area (Å²) in [4.78, 5) is 15.9. The van der Waals surface area contributed by atoms with Crippen molar-refractivity contribution in [1.29, 1.82) is 0 Å². The molecule has 0 aliphatic heterocycles. The Hall–Kier alpha value is -0.610. The predicted molar refractivity (Wildman–Crippen MR) is 38.5 cm³/mol. The molecule has 0 bridgehead atoms. The van der Waals surface area contributed by atoms with E-state index in [0.717, 1.165) is 6.42 Å². The number of nitrogens with zero attached hydrogens (tertiary/aromatic N) is 1. The molecule has 4 heteroatoms. The third kappa shape index (κ3) is 1.70. The molecule has 1 N–H and O–H groups in total. The Labute approximate surface area is 65.7 Å². The fraction of sp³-hybridized carbons (Fsp3) is 0.857. The molecule has 1 aliphatic carbocycles. The lowest BCUT2D eigenvalue weighted by molar-refractivity contribution is -0.170. The highest BCUT2D eigenvalue weighted by atomic mass is 16.7. The monoisotopic (exact) mass is 159 g/mol. The van der Waals surface area contributed by atoms with Crippen molar-refractivity contribution in [3.05, 3.63) is 0 Å². The second-order valence-corrected chi connectivity index (χ2v) is 2.80. The molecule has 0 aromatic rings. The summed E-state index contributed by atoms with van der Waals surface area (Å²) in [6, 6.07) is 0. The fourth-order valence-corrected chi connectivity index (χ4v) is 1.08. The van der Waals surface area contributed by atoms with E-state index < -0.39 is 0 Å². The first-order valence-electron chi connectivity index (χ1n) is 3.63. The Morgan fingerprint density at radius 3 is 2.82 bits per heavy atom. The summed E-state index contributed by atoms with van der Waals surface area (Å²) in [7, 11) is 3.03. The molecule has 1 saturated carbocycles. The van der Waals surface area contributed by atoms with Gasteiger partial charge in [0.15, 0.2) is 0 Å². The van der Waals surface area contributed by atoms with Gasteiger partial charge in [0.25, 0.3) is 0 Å². The van der Waals surface area contributed by atoms with Gasteiger partial charge < -0.3 is 5.11 Å². The Morgan fingerprint density at radius 1 is 1.82 bits per heavy atom. The second-order valence-electron chi connectivity index (χ2n) is 2.80. The first kappa shape index (κ1) is 8.49. The highest BCUT2D eigenvalue weighted by Crippen LogP contribution is 2.38. The Balaban J connectivity index is 2.33. The van der Waals surface area contributed by atoms with E-state index in [2.05, 4.69) is 0 Å². The van der Waals surface area contributed by atoms with Crippen LogP contribution in [0.4, 0.5) is 0 Å². The van der Waals surface area contributed by atoms with Crippen molar-refractivity contribution in [1.82, 2.24) is 5.06 Å². The van der Waals surface area contributed by atoms with Crippen molar-refractivity contribution in [2.45, 2.75) is 6.42 Å². The van der Waals surface area contributed by atoms with E-state index in [1.54, 1.807) is 7.05 Å². The molecular weight excluding hydrogens is 146 g/mol. The van der Waals surface area contributed by atoms with E-state index in [9.17, 15) is 4.79 Å². The molecule has 1 rings (SSSR count). The highest BCUT2D eigenvalue weighted by molar-refractivity contribution is 5.80. The van der Waals surface area contributed by atoms with E-state index in [1.165, 1.54) is 12.2 Å². The van der Waals surface area contributed by atoms with Crippen LogP contribution in [0.15, 0.2) is 0 Å². The molecule has 1 fully saturated rings. The lowest BCUT2D eigenvalue weighted by Gasteiger charge is -2.12. The molecule has 64 valence electrons. The minimum Gasteiger partial charge on any atom is -0.396 e. The molecule has 1 amide bonds. The zero-order chi connectivity index (χ0) is 8.43. The standard InChI is InChI=1S/C7H13NO3/c1-8(11-2)7(10)6-3-5(6)4-9/h5-6,9H,3-4H2,1-2H3/t5-,6+/m0/s1. The van der Waals surface area contributed by atoms with Gasteiger partial charge in [-0.15, -0.1) is 0 Å². The summed E-state index contributed by atoms with van der Waals surface area (Å²) in [5.74, 6) is 0.122. The lowest BCUT2D eigenvalue weighted by atomic mass is 10.3. The molecule has 11 heavy (non-hydrogen) atoms. The van der Waals surface area contributed by atoms with Gasteiger partial charge in [-0.1, -0.05) is 0 Å². The van der Waals surface area contributed by atoms with Gasteiger partial charge in [-0.05, 0) is 12.3 Å². The molecule has 0 unspecified atom stereocenters. The summed E-state index contributed by atoms with van der Waals surface area (Å²) in [6.45, 7) is 0.105. The van der Waals surface area contributed by atoms with Gasteiger partial charge in [0.05, 0.1) is 7.11 Å². The van der Waals surface area contributed by atoms with E-state index in [0.29, 0.717) is 0 Å². The number of hydrogen-bond acceptors (Lipinski definition) is 3. The summed E-state index contributed by atoms with van der Waals surface area (Å²) in [6.07, 6.45) is 0.795. The largest absolute Gasteiger partial charge is 0.396 e. The second kappa shape index (κ2) is 3.19. The molecule has 0 heterocycles. The molecule has 0 spiro atoms. The maximum Gasteiger partial charge on any atom is 0.249 e. The van der Waals surface area contributed by atoms with Crippen LogP contribution in [0, 0.1) is 11.8 Å². The minimum absolute atomic E-state index is 0.00931. The van der Waals surface area contributed by atoms with Crippen molar-refractivity contribution in [3.63, 3.8) is 0 Å². The van der Waals surface area contributed by atoms with Crippen molar-refractivity contribution in [2.75, 3.05) is 20.8 Å². The van der Waals surface area contributed by atoms with Crippen molar-refractivity contribution >= 4 is 5.91 Å². The average molecular weight is 159 g/mol. The predicted octanol–water partition coefficient (Wildman–Crippen LogP) is -0.365. The summed E-state index contributed by atoms with van der Waals surface area (Å²) in [5, 5.41) is 9.88. The van der Waals surface area contributed by atoms with Crippen LogP contribution in [0.1, 0.15) is 6.42 Å². The summed E-state index contributed by atoms with van der Waals surface area (Å²) in [5.41, 5.74) is 0. The van der Waals surface area contributed by atoms with Crippen LogP contribution in [0.2, 0.25) is 0 Å². The topological polar surface area (TPSA) is 49.8 Å². The van der Waals surface area contributed by atoms with Gasteiger partial charge in [-0.2, -0.15) is 0 Å². The Morgan fingerprint density at radius 2 is 2.45 bits per heavy atom. The van der Waals surface area contributed by atoms with Crippen LogP contribution in [-0.4, -0.2) is 36.8 Å². The zero-order valence-electron chi connectivity index (χ0n) is 6.78. The SMILES string of the molecule is CON(C)C(=O)[C@@H]1C[C@H]1CO. The Kier molecular flexibility index (Phi) is 2.46. The van der Waals surface area contributed by atoms with Crippen LogP contribution < -0.4 is 0 Å². The zero-order valence-corrected chi connectivity index (χ0v) is 6.78. The molecule has 4 nitrogen and oxygen atoms in total. The van der Waals surface area contributed by atoms with Crippen molar-refractivity contribution < 1.29 is 14.7 Å². The highest BCUT2D eigenvalue weighted by Gasteiger charge is 2.43. The average Bonchev–Trinajstić information content (AvgIpc) is 2.80. The van der Waals surface area contributed by atoms with Crippen molar-refractivity contribution in [3.8, 4) is 0 Å². The number of aliphatic hydroxyl groups excluding tert-OH is 1. The molecule has 0 radical (unpaired) electrons. The van der Waals surface area contributed by atoms with Gasteiger partial charge in [-0.25, -0.2) is 5.06 Å². The molecule has 0 aromatic carbocycles. The first-order valence-corrected chi connectivity index (χ1v) is 3.63. The van der Waals surface area contributed by atoms with Crippen LogP contribution in [0.25, 0.3) is 0 Å². The van der Waals surface area contributed by atoms with Crippen LogP contribution in [0.3, 0.4) is 0 Å². The van der Waals surface area contributed by atoms with Crippen LogP contribution >= 0.6 is 0 Å². The third-order valence-electron chi connectivity index (χ3n) is 2.06. The van der Waals surface area contributed by atoms with E-state index >= 15 is 0 Å². The quantitative estimate of drug-likeness (QED) is 0.572. The minimum atomic E-state index is -0.0356. The lowest BCUT2D eigenvalue weighted by Crippen LogP contribution is -2.27. The van der Waals surface area contributed by atoms with Gasteiger partial charge in [0, 0.05) is 19.6 Å². The van der Waals surface area contributed by atoms with Gasteiger partial charge in [0.2, 0.25) is 5.91 Å². The van der Waals surface area contributed by atoms with Gasteiger partial charge in [-0.3, -0.25) is 9.63 Å². The molecule has 2 atom stereocenters. The maximum absolute atomic E-state index is 11.2. The van der Waals surface area contributed by atoms with E-state index in [4.69, 9.17) is 9.94 Å². The summed E-state index contributed by atoms with van der Waals surface area (Å²) < 4.78 is 0. The van der Waals surface area contributed by atoms with E-state index in [1.807, 2.05) is 0 Å². The molecular formula is C7H13NO3. The number of carbonyl (C=O) groups excluding carboxylic acids is 1. The normalized spacial score (nSPS) is 28.3. The van der Waals surface area contributed by atoms with Gasteiger partial charge in [0.1, 0.15) is 0 Å². The summed E-state index contributed by atoms with van der Waals surface area (Å²) >= 11 is 0. The van der Waals surface area contributed by atoms with Crippen molar-refractivity contribution in [2.24, 2.45) is 11.8 Å². The number of hydroxylamine groups is 2. The number of aliphatic hydroxyl groups is 1.